The summed E-state index contributed by atoms with van der Waals surface area (Å²) in [6.07, 6.45) is 3.04. The molecule has 1 aromatic heterocycles. The summed E-state index contributed by atoms with van der Waals surface area (Å²) < 4.78 is 0. The summed E-state index contributed by atoms with van der Waals surface area (Å²) in [6.45, 7) is 2.11. The molecule has 14 aromatic carbocycles. The van der Waals surface area contributed by atoms with Gasteiger partial charge in [-0.25, -0.2) is 4.98 Å². The van der Waals surface area contributed by atoms with Crippen molar-refractivity contribution in [1.82, 2.24) is 4.98 Å². The molecule has 3 nitrogen and oxygen atoms in total. The van der Waals surface area contributed by atoms with Gasteiger partial charge in [-0.15, -0.1) is 0 Å². The SMILES string of the molecule is CCCCc1nc2c3c4c(cc2c2ccccc12)N1c2ccccc2C(c2ccc5ccccc5c2)(c2ccc5ccccc5c2)c2cccc(c21)B4c1cccc2c1N3c1ccccc1C2(c1ccc2ccccc2c1)c1ccc2ccccc2c1. The Labute approximate surface area is 506 Å². The Morgan fingerprint density at radius 1 is 0.333 bits per heavy atom. The molecule has 0 N–H and O–H groups in total. The summed E-state index contributed by atoms with van der Waals surface area (Å²) in [5, 5.41) is 13.4. The van der Waals surface area contributed by atoms with Crippen LogP contribution in [0.25, 0.3) is 64.8 Å². The molecule has 87 heavy (non-hydrogen) atoms. The molecule has 0 radical (unpaired) electrons. The normalized spacial score (nSPS) is 14.5. The highest BCUT2D eigenvalue weighted by atomic mass is 15.2. The van der Waals surface area contributed by atoms with E-state index in [0.29, 0.717) is 0 Å². The molecule has 4 aliphatic rings. The van der Waals surface area contributed by atoms with Gasteiger partial charge in [0, 0.05) is 33.5 Å². The minimum Gasteiger partial charge on any atom is -0.311 e. The Balaban J connectivity index is 0.993. The van der Waals surface area contributed by atoms with Gasteiger partial charge in [0.25, 0.3) is 6.71 Å². The molecule has 0 saturated heterocycles. The summed E-state index contributed by atoms with van der Waals surface area (Å²) in [7, 11) is 0. The average molecular weight is 1110 g/mol. The first-order valence-electron chi connectivity index (χ1n) is 31.0. The third kappa shape index (κ3) is 6.49. The Morgan fingerprint density at radius 2 is 0.736 bits per heavy atom. The van der Waals surface area contributed by atoms with Crippen LogP contribution in [0.4, 0.5) is 34.1 Å². The van der Waals surface area contributed by atoms with E-state index in [1.807, 2.05) is 0 Å². The summed E-state index contributed by atoms with van der Waals surface area (Å²) in [6, 6.07) is 109. The van der Waals surface area contributed by atoms with Crippen LogP contribution in [-0.2, 0) is 17.3 Å². The number of nitrogens with zero attached hydrogens (tertiary/aromatic N) is 3. The first kappa shape index (κ1) is 48.8. The first-order chi connectivity index (χ1) is 43.1. The number of hydrogen-bond donors (Lipinski definition) is 0. The van der Waals surface area contributed by atoms with Crippen molar-refractivity contribution in [3.8, 4) is 0 Å². The molecule has 5 heterocycles. The molecule has 19 rings (SSSR count). The van der Waals surface area contributed by atoms with Crippen LogP contribution in [0.1, 0.15) is 70.0 Å². The quantitative estimate of drug-likeness (QED) is 0.117. The molecule has 0 spiro atoms. The lowest BCUT2D eigenvalue weighted by Crippen LogP contribution is -2.63. The minimum atomic E-state index is -0.749. The summed E-state index contributed by atoms with van der Waals surface area (Å²) in [4.78, 5) is 11.5. The van der Waals surface area contributed by atoms with E-state index in [2.05, 4.69) is 302 Å². The molecule has 0 amide bonds. The lowest BCUT2D eigenvalue weighted by atomic mass is 9.32. The molecule has 4 heteroatoms. The number of fused-ring (bicyclic) bond motifs is 16. The molecule has 0 aliphatic carbocycles. The fourth-order valence-corrected chi connectivity index (χ4v) is 16.8. The largest absolute Gasteiger partial charge is 0.311 e. The Hall–Kier alpha value is -10.5. The molecule has 0 fully saturated rings. The van der Waals surface area contributed by atoms with Gasteiger partial charge in [-0.1, -0.05) is 256 Å². The number of pyridine rings is 1. The van der Waals surface area contributed by atoms with Crippen LogP contribution in [-0.4, -0.2) is 11.7 Å². The van der Waals surface area contributed by atoms with Crippen molar-refractivity contribution in [2.75, 3.05) is 9.80 Å². The number of aromatic nitrogens is 1. The summed E-state index contributed by atoms with van der Waals surface area (Å²) in [5.74, 6) is 0. The average Bonchev–Trinajstić information content (AvgIpc) is 0.678. The van der Waals surface area contributed by atoms with E-state index in [0.717, 1.165) is 35.9 Å². The van der Waals surface area contributed by atoms with E-state index >= 15 is 0 Å². The van der Waals surface area contributed by atoms with Crippen LogP contribution < -0.4 is 26.2 Å². The topological polar surface area (TPSA) is 19.4 Å². The van der Waals surface area contributed by atoms with E-state index in [4.69, 9.17) is 4.98 Å². The fraction of sp³-hybridized carbons (Fsp3) is 0.0723. The number of anilines is 6. The van der Waals surface area contributed by atoms with Crippen molar-refractivity contribution in [3.05, 3.63) is 335 Å². The molecule has 15 aromatic rings. The zero-order valence-corrected chi connectivity index (χ0v) is 48.2. The van der Waals surface area contributed by atoms with Gasteiger partial charge in [-0.2, -0.15) is 0 Å². The van der Waals surface area contributed by atoms with Crippen LogP contribution >= 0.6 is 0 Å². The van der Waals surface area contributed by atoms with Crippen molar-refractivity contribution < 1.29 is 0 Å². The Morgan fingerprint density at radius 3 is 1.22 bits per heavy atom. The van der Waals surface area contributed by atoms with E-state index in [-0.39, 0.29) is 6.71 Å². The van der Waals surface area contributed by atoms with E-state index in [1.165, 1.54) is 149 Å². The number of rotatable bonds is 7. The second kappa shape index (κ2) is 18.2. The Kier molecular flexibility index (Phi) is 10.2. The molecular weight excluding hydrogens is 1050 g/mol. The van der Waals surface area contributed by atoms with Crippen molar-refractivity contribution in [3.63, 3.8) is 0 Å². The number of unbranched alkanes of at least 4 members (excludes halogenated alkanes) is 1. The van der Waals surface area contributed by atoms with E-state index in [1.54, 1.807) is 0 Å². The van der Waals surface area contributed by atoms with Crippen molar-refractivity contribution >= 4 is 122 Å². The van der Waals surface area contributed by atoms with E-state index < -0.39 is 10.8 Å². The number of para-hydroxylation sites is 4. The number of benzene rings is 14. The van der Waals surface area contributed by atoms with Crippen LogP contribution in [0.3, 0.4) is 0 Å². The molecule has 4 aliphatic heterocycles. The molecule has 406 valence electrons. The third-order valence-corrected chi connectivity index (χ3v) is 20.4. The van der Waals surface area contributed by atoms with Crippen molar-refractivity contribution in [2.45, 2.75) is 37.0 Å². The number of aryl methyl sites for hydroxylation is 1. The first-order valence-corrected chi connectivity index (χ1v) is 31.0. The van der Waals surface area contributed by atoms with Crippen LogP contribution in [0.2, 0.25) is 0 Å². The predicted octanol–water partition coefficient (Wildman–Crippen LogP) is 18.8. The monoisotopic (exact) mass is 1110 g/mol. The van der Waals surface area contributed by atoms with Gasteiger partial charge in [-0.05, 0) is 165 Å². The van der Waals surface area contributed by atoms with Crippen LogP contribution in [0, 0.1) is 0 Å². The van der Waals surface area contributed by atoms with Gasteiger partial charge in [0.2, 0.25) is 0 Å². The highest BCUT2D eigenvalue weighted by Gasteiger charge is 2.56. The smallest absolute Gasteiger partial charge is 0.252 e. The maximum absolute atomic E-state index is 6.08. The summed E-state index contributed by atoms with van der Waals surface area (Å²) >= 11 is 0. The Bertz CT molecular complexity index is 5300. The third-order valence-electron chi connectivity index (χ3n) is 20.4. The predicted molar refractivity (Wildman–Crippen MR) is 366 cm³/mol. The molecule has 0 atom stereocenters. The fourth-order valence-electron chi connectivity index (χ4n) is 16.8. The molecule has 0 bridgehead atoms. The van der Waals surface area contributed by atoms with Gasteiger partial charge in [0.1, 0.15) is 0 Å². The van der Waals surface area contributed by atoms with Gasteiger partial charge in [-0.3, -0.25) is 0 Å². The second-order valence-corrected chi connectivity index (χ2v) is 24.6. The standard InChI is InChI=1S/C83H56BN3/c1-2-3-36-73-65-29-13-12-28-64(65)66-51-76-77-81(78(66)85-73)87-75-38-17-15-31-68(75)83(62-45-41-54-22-6-10-26-58(54)49-62,63-46-42-55-23-7-11-27-59(55)50-63)70-33-19-35-72(80(70)87)84(77)71-34-18-32-69-79(71)86(76)74-37-16-14-30-67(74)82(69,60-43-39-52-20-4-8-24-56(52)47-60)61-44-40-53-21-5-9-25-57(53)48-61/h4-35,37-51H,2-3,36H2,1H3. The maximum Gasteiger partial charge on any atom is 0.252 e. The molecule has 0 saturated carbocycles. The lowest BCUT2D eigenvalue weighted by Gasteiger charge is -2.54. The van der Waals surface area contributed by atoms with Gasteiger partial charge in [0.05, 0.1) is 33.4 Å². The lowest BCUT2D eigenvalue weighted by molar-refractivity contribution is 0.733. The highest BCUT2D eigenvalue weighted by Crippen LogP contribution is 2.63. The van der Waals surface area contributed by atoms with Crippen molar-refractivity contribution in [2.24, 2.45) is 0 Å². The van der Waals surface area contributed by atoms with Gasteiger partial charge < -0.3 is 9.80 Å². The second-order valence-electron chi connectivity index (χ2n) is 24.6. The van der Waals surface area contributed by atoms with Gasteiger partial charge in [0.15, 0.2) is 0 Å². The zero-order chi connectivity index (χ0) is 57.1. The highest BCUT2D eigenvalue weighted by molar-refractivity contribution is 7.00. The van der Waals surface area contributed by atoms with Crippen molar-refractivity contribution in [1.29, 1.82) is 0 Å². The van der Waals surface area contributed by atoms with Gasteiger partial charge >= 0.3 is 0 Å². The molecular formula is C83H56BN3. The maximum atomic E-state index is 6.08. The summed E-state index contributed by atoms with van der Waals surface area (Å²) in [5.41, 5.74) is 21.8. The van der Waals surface area contributed by atoms with Crippen LogP contribution in [0.15, 0.2) is 285 Å². The zero-order valence-electron chi connectivity index (χ0n) is 48.2. The van der Waals surface area contributed by atoms with Crippen LogP contribution in [0.5, 0.6) is 0 Å². The number of hydrogen-bond acceptors (Lipinski definition) is 3. The van der Waals surface area contributed by atoms with E-state index in [9.17, 15) is 0 Å². The molecule has 0 unspecified atom stereocenters. The minimum absolute atomic E-state index is 0.184.